The lowest BCUT2D eigenvalue weighted by atomic mass is 9.94. The van der Waals surface area contributed by atoms with Gasteiger partial charge < -0.3 is 0 Å². The summed E-state index contributed by atoms with van der Waals surface area (Å²) in [5.41, 5.74) is 2.96. The molecule has 1 saturated heterocycles. The van der Waals surface area contributed by atoms with Crippen LogP contribution in [-0.4, -0.2) is 12.1 Å². The Kier molecular flexibility index (Phi) is 1.78. The molecule has 1 N–H and O–H groups in total. The molecule has 1 aliphatic heterocycles. The van der Waals surface area contributed by atoms with E-state index in [2.05, 4.69) is 26.3 Å². The maximum atomic E-state index is 5.29. The van der Waals surface area contributed by atoms with Crippen LogP contribution in [-0.2, 0) is 4.84 Å². The van der Waals surface area contributed by atoms with Crippen molar-refractivity contribution < 1.29 is 4.84 Å². The number of hydrogen-bond donors (Lipinski definition) is 1. The van der Waals surface area contributed by atoms with E-state index >= 15 is 0 Å². The first kappa shape index (κ1) is 7.03. The molecule has 0 saturated carbocycles. The fourth-order valence-electron chi connectivity index (χ4n) is 1.33. The highest BCUT2D eigenvalue weighted by Gasteiger charge is 2.26. The zero-order valence-electron chi connectivity index (χ0n) is 6.40. The molecule has 0 aromatic carbocycles. The summed E-state index contributed by atoms with van der Waals surface area (Å²) in [4.78, 5) is 5.29. The second-order valence-electron chi connectivity index (χ2n) is 3.52. The summed E-state index contributed by atoms with van der Waals surface area (Å²) < 4.78 is 0. The van der Waals surface area contributed by atoms with Crippen LogP contribution in [0.3, 0.4) is 0 Å². The average molecular weight is 129 g/mol. The van der Waals surface area contributed by atoms with Crippen molar-refractivity contribution in [2.75, 3.05) is 6.54 Å². The van der Waals surface area contributed by atoms with Crippen LogP contribution in [0.1, 0.15) is 27.2 Å². The quantitative estimate of drug-likeness (QED) is 0.532. The van der Waals surface area contributed by atoms with E-state index < -0.39 is 0 Å². The lowest BCUT2D eigenvalue weighted by molar-refractivity contribution is -0.128. The molecule has 54 valence electrons. The zero-order valence-corrected chi connectivity index (χ0v) is 6.40. The molecule has 0 aliphatic carbocycles. The van der Waals surface area contributed by atoms with Crippen LogP contribution in [0.5, 0.6) is 0 Å². The van der Waals surface area contributed by atoms with Gasteiger partial charge in [0.25, 0.3) is 0 Å². The second-order valence-corrected chi connectivity index (χ2v) is 3.52. The Morgan fingerprint density at radius 1 is 1.56 bits per heavy atom. The van der Waals surface area contributed by atoms with Gasteiger partial charge in [0.05, 0.1) is 5.60 Å². The van der Waals surface area contributed by atoms with E-state index in [1.54, 1.807) is 0 Å². The van der Waals surface area contributed by atoms with Gasteiger partial charge in [-0.15, -0.1) is 0 Å². The van der Waals surface area contributed by atoms with Gasteiger partial charge in [-0.05, 0) is 26.2 Å². The van der Waals surface area contributed by atoms with E-state index in [-0.39, 0.29) is 5.60 Å². The molecule has 1 fully saturated rings. The van der Waals surface area contributed by atoms with Crippen molar-refractivity contribution in [2.24, 2.45) is 5.92 Å². The molecule has 1 aliphatic rings. The van der Waals surface area contributed by atoms with Crippen LogP contribution < -0.4 is 5.48 Å². The van der Waals surface area contributed by atoms with Crippen molar-refractivity contribution in [3.63, 3.8) is 0 Å². The van der Waals surface area contributed by atoms with Crippen molar-refractivity contribution in [3.05, 3.63) is 0 Å². The first-order chi connectivity index (χ1) is 4.10. The highest BCUT2D eigenvalue weighted by atomic mass is 16.7. The topological polar surface area (TPSA) is 21.3 Å². The van der Waals surface area contributed by atoms with Gasteiger partial charge in [0.1, 0.15) is 0 Å². The average Bonchev–Trinajstić information content (AvgIpc) is 1.60. The van der Waals surface area contributed by atoms with Crippen LogP contribution in [0.25, 0.3) is 0 Å². The first-order valence-corrected chi connectivity index (χ1v) is 3.51. The molecule has 1 atom stereocenters. The van der Waals surface area contributed by atoms with Crippen molar-refractivity contribution in [2.45, 2.75) is 32.8 Å². The van der Waals surface area contributed by atoms with Crippen molar-refractivity contribution in [1.82, 2.24) is 5.48 Å². The molecule has 1 heterocycles. The van der Waals surface area contributed by atoms with E-state index in [9.17, 15) is 0 Å². The van der Waals surface area contributed by atoms with Crippen molar-refractivity contribution in [3.8, 4) is 0 Å². The molecule has 0 radical (unpaired) electrons. The third kappa shape index (κ3) is 1.95. The minimum absolute atomic E-state index is 0.0394. The van der Waals surface area contributed by atoms with Gasteiger partial charge in [-0.2, -0.15) is 0 Å². The molecular weight excluding hydrogens is 114 g/mol. The molecule has 0 bridgehead atoms. The van der Waals surface area contributed by atoms with Crippen molar-refractivity contribution in [1.29, 1.82) is 0 Å². The minimum Gasteiger partial charge on any atom is -0.296 e. The van der Waals surface area contributed by atoms with E-state index in [1.165, 1.54) is 0 Å². The lowest BCUT2D eigenvalue weighted by Gasteiger charge is -2.33. The maximum Gasteiger partial charge on any atom is 0.0843 e. The SMILES string of the molecule is CC1CNOC(C)(C)C1. The molecule has 0 aromatic heterocycles. The van der Waals surface area contributed by atoms with Crippen molar-refractivity contribution >= 4 is 0 Å². The van der Waals surface area contributed by atoms with Gasteiger partial charge >= 0.3 is 0 Å². The number of hydrogen-bond acceptors (Lipinski definition) is 2. The summed E-state index contributed by atoms with van der Waals surface area (Å²) in [7, 11) is 0. The molecule has 2 nitrogen and oxygen atoms in total. The number of nitrogens with one attached hydrogen (secondary N) is 1. The molecular formula is C7H15NO. The van der Waals surface area contributed by atoms with E-state index in [0.717, 1.165) is 18.9 Å². The highest BCUT2D eigenvalue weighted by Crippen LogP contribution is 2.22. The fraction of sp³-hybridized carbons (Fsp3) is 1.00. The Balaban J connectivity index is 2.41. The summed E-state index contributed by atoms with van der Waals surface area (Å²) in [6, 6.07) is 0. The first-order valence-electron chi connectivity index (χ1n) is 3.51. The highest BCUT2D eigenvalue weighted by molar-refractivity contribution is 4.75. The zero-order chi connectivity index (χ0) is 6.91. The summed E-state index contributed by atoms with van der Waals surface area (Å²) in [5, 5.41) is 0. The van der Waals surface area contributed by atoms with Gasteiger partial charge in [0.2, 0.25) is 0 Å². The Morgan fingerprint density at radius 3 is 2.56 bits per heavy atom. The molecule has 0 amide bonds. The van der Waals surface area contributed by atoms with Crippen LogP contribution >= 0.6 is 0 Å². The van der Waals surface area contributed by atoms with Gasteiger partial charge in [-0.1, -0.05) is 6.92 Å². The Hall–Kier alpha value is -0.0800. The molecule has 1 unspecified atom stereocenters. The predicted octanol–water partition coefficient (Wildman–Crippen LogP) is 1.33. The Bertz CT molecular complexity index is 101. The summed E-state index contributed by atoms with van der Waals surface area (Å²) >= 11 is 0. The van der Waals surface area contributed by atoms with Crippen LogP contribution in [0, 0.1) is 5.92 Å². The minimum atomic E-state index is 0.0394. The summed E-state index contributed by atoms with van der Waals surface area (Å²) in [6.45, 7) is 7.44. The number of rotatable bonds is 0. The Labute approximate surface area is 56.5 Å². The maximum absolute atomic E-state index is 5.29. The standard InChI is InChI=1S/C7H15NO/c1-6-4-7(2,3)9-8-5-6/h6,8H,4-5H2,1-3H3. The largest absolute Gasteiger partial charge is 0.296 e. The summed E-state index contributed by atoms with van der Waals surface area (Å²) in [6.07, 6.45) is 1.15. The fourth-order valence-corrected chi connectivity index (χ4v) is 1.33. The van der Waals surface area contributed by atoms with E-state index in [1.807, 2.05) is 0 Å². The Morgan fingerprint density at radius 2 is 2.22 bits per heavy atom. The van der Waals surface area contributed by atoms with Gasteiger partial charge in [-0.25, -0.2) is 5.48 Å². The number of hydroxylamine groups is 1. The molecule has 0 spiro atoms. The monoisotopic (exact) mass is 129 g/mol. The molecule has 0 aromatic rings. The van der Waals surface area contributed by atoms with Crippen LogP contribution in [0.2, 0.25) is 0 Å². The molecule has 1 rings (SSSR count). The van der Waals surface area contributed by atoms with Gasteiger partial charge in [0.15, 0.2) is 0 Å². The van der Waals surface area contributed by atoms with E-state index in [4.69, 9.17) is 4.84 Å². The summed E-state index contributed by atoms with van der Waals surface area (Å²) in [5.74, 6) is 0.744. The third-order valence-electron chi connectivity index (χ3n) is 1.62. The van der Waals surface area contributed by atoms with Gasteiger partial charge in [-0.3, -0.25) is 4.84 Å². The normalized spacial score (nSPS) is 34.3. The predicted molar refractivity (Wildman–Crippen MR) is 36.9 cm³/mol. The van der Waals surface area contributed by atoms with Crippen LogP contribution in [0.15, 0.2) is 0 Å². The smallest absolute Gasteiger partial charge is 0.0843 e. The molecule has 2 heteroatoms. The lowest BCUT2D eigenvalue weighted by Crippen LogP contribution is -2.42. The molecule has 9 heavy (non-hydrogen) atoms. The second kappa shape index (κ2) is 2.27. The third-order valence-corrected chi connectivity index (χ3v) is 1.62. The van der Waals surface area contributed by atoms with Gasteiger partial charge in [0, 0.05) is 6.54 Å². The van der Waals surface area contributed by atoms with Crippen LogP contribution in [0.4, 0.5) is 0 Å². The van der Waals surface area contributed by atoms with E-state index in [0.29, 0.717) is 0 Å².